The van der Waals surface area contributed by atoms with E-state index in [4.69, 9.17) is 14.9 Å². The highest BCUT2D eigenvalue weighted by Crippen LogP contribution is 2.32. The van der Waals surface area contributed by atoms with Crippen LogP contribution in [0.4, 0.5) is 0 Å². The fraction of sp³-hybridized carbons (Fsp3) is 0.516. The lowest BCUT2D eigenvalue weighted by atomic mass is 9.99. The highest BCUT2D eigenvalue weighted by molar-refractivity contribution is 5.95. The Hall–Kier alpha value is -3.43. The monoisotopic (exact) mass is 551 g/mol. The number of methoxy groups -OCH3 is 1. The molecule has 1 saturated heterocycles. The number of hydrogen-bond acceptors (Lipinski definition) is 6. The van der Waals surface area contributed by atoms with Crippen LogP contribution in [-0.2, 0) is 27.3 Å². The first-order chi connectivity index (χ1) is 19.4. The van der Waals surface area contributed by atoms with Gasteiger partial charge in [0.05, 0.1) is 6.61 Å². The zero-order valence-corrected chi connectivity index (χ0v) is 24.3. The summed E-state index contributed by atoms with van der Waals surface area (Å²) in [4.78, 5) is 28.2. The van der Waals surface area contributed by atoms with Crippen molar-refractivity contribution < 1.29 is 19.1 Å². The number of guanidine groups is 1. The van der Waals surface area contributed by atoms with Gasteiger partial charge in [-0.25, -0.2) is 0 Å². The van der Waals surface area contributed by atoms with E-state index in [0.29, 0.717) is 26.2 Å². The van der Waals surface area contributed by atoms with E-state index in [0.717, 1.165) is 74.4 Å². The minimum atomic E-state index is -0.182. The van der Waals surface area contributed by atoms with Gasteiger partial charge in [0.25, 0.3) is 0 Å². The SMILES string of the molecule is CCCCNC(=N)NC(=O)CCc1ccc(-c2ccc(CN3CCN(C(C)=O)CC3)cc2)c(OCCCOC)c1. The molecule has 40 heavy (non-hydrogen) atoms. The van der Waals surface area contributed by atoms with Crippen molar-refractivity contribution in [1.29, 1.82) is 5.41 Å². The van der Waals surface area contributed by atoms with E-state index < -0.39 is 0 Å². The van der Waals surface area contributed by atoms with Crippen molar-refractivity contribution in [1.82, 2.24) is 20.4 Å². The molecule has 9 heteroatoms. The molecular formula is C31H45N5O4. The summed E-state index contributed by atoms with van der Waals surface area (Å²) in [5, 5.41) is 13.4. The molecule has 3 N–H and O–H groups in total. The predicted octanol–water partition coefficient (Wildman–Crippen LogP) is 3.81. The molecule has 0 bridgehead atoms. The molecule has 0 saturated carbocycles. The quantitative estimate of drug-likeness (QED) is 0.187. The molecule has 0 aromatic heterocycles. The molecule has 2 amide bonds. The van der Waals surface area contributed by atoms with E-state index in [1.54, 1.807) is 14.0 Å². The number of benzene rings is 2. The van der Waals surface area contributed by atoms with Crippen molar-refractivity contribution in [3.05, 3.63) is 53.6 Å². The number of nitrogens with zero attached hydrogens (tertiary/aromatic N) is 2. The molecule has 0 atom stereocenters. The molecule has 2 aromatic carbocycles. The average Bonchev–Trinajstić information content (AvgIpc) is 2.95. The van der Waals surface area contributed by atoms with Gasteiger partial charge < -0.3 is 19.7 Å². The first kappa shape index (κ1) is 31.1. The van der Waals surface area contributed by atoms with Crippen LogP contribution in [0.25, 0.3) is 11.1 Å². The largest absolute Gasteiger partial charge is 0.493 e. The fourth-order valence-corrected chi connectivity index (χ4v) is 4.63. The van der Waals surface area contributed by atoms with E-state index >= 15 is 0 Å². The molecule has 0 aliphatic carbocycles. The molecule has 218 valence electrons. The van der Waals surface area contributed by atoms with E-state index in [1.165, 1.54) is 5.56 Å². The number of piperazine rings is 1. The van der Waals surface area contributed by atoms with Crippen molar-refractivity contribution in [2.75, 3.05) is 53.0 Å². The maximum atomic E-state index is 12.3. The van der Waals surface area contributed by atoms with Crippen molar-refractivity contribution in [2.45, 2.75) is 52.5 Å². The lowest BCUT2D eigenvalue weighted by molar-refractivity contribution is -0.130. The standard InChI is InChI=1S/C31H45N5O4/c1-4-5-15-33-31(32)34-30(38)14-10-25-9-13-28(29(22-25)40-21-6-20-39-3)27-11-7-26(8-12-27)23-35-16-18-36(19-17-35)24(2)37/h7-9,11-13,22H,4-6,10,14-21,23H2,1-3H3,(H3,32,33,34,38). The highest BCUT2D eigenvalue weighted by atomic mass is 16.5. The summed E-state index contributed by atoms with van der Waals surface area (Å²) >= 11 is 0. The normalized spacial score (nSPS) is 13.6. The molecule has 1 aliphatic heterocycles. The lowest BCUT2D eigenvalue weighted by Gasteiger charge is -2.34. The predicted molar refractivity (Wildman–Crippen MR) is 158 cm³/mol. The first-order valence-electron chi connectivity index (χ1n) is 14.3. The van der Waals surface area contributed by atoms with Gasteiger partial charge in [0, 0.05) is 78.3 Å². The summed E-state index contributed by atoms with van der Waals surface area (Å²) in [5.41, 5.74) is 4.32. The molecule has 3 rings (SSSR count). The molecule has 0 spiro atoms. The number of nitrogens with one attached hydrogen (secondary N) is 3. The van der Waals surface area contributed by atoms with Gasteiger partial charge >= 0.3 is 0 Å². The molecule has 0 radical (unpaired) electrons. The van der Waals surface area contributed by atoms with E-state index in [9.17, 15) is 9.59 Å². The second-order valence-corrected chi connectivity index (χ2v) is 10.2. The molecule has 1 fully saturated rings. The number of aryl methyl sites for hydroxylation is 1. The third-order valence-electron chi connectivity index (χ3n) is 7.02. The van der Waals surface area contributed by atoms with Crippen LogP contribution in [0.15, 0.2) is 42.5 Å². The smallest absolute Gasteiger partial charge is 0.226 e. The van der Waals surface area contributed by atoms with Crippen LogP contribution >= 0.6 is 0 Å². The minimum Gasteiger partial charge on any atom is -0.493 e. The second-order valence-electron chi connectivity index (χ2n) is 10.2. The Balaban J connectivity index is 1.62. The Morgan fingerprint density at radius 1 is 0.975 bits per heavy atom. The molecule has 1 aliphatic rings. The fourth-order valence-electron chi connectivity index (χ4n) is 4.63. The van der Waals surface area contributed by atoms with Crippen molar-refractivity contribution >= 4 is 17.8 Å². The van der Waals surface area contributed by atoms with Crippen molar-refractivity contribution in [3.63, 3.8) is 0 Å². The number of rotatable bonds is 14. The molecule has 0 unspecified atom stereocenters. The molecular weight excluding hydrogens is 506 g/mol. The summed E-state index contributed by atoms with van der Waals surface area (Å²) in [6.45, 7) is 9.76. The van der Waals surface area contributed by atoms with E-state index in [2.05, 4.69) is 52.8 Å². The number of hydrogen-bond donors (Lipinski definition) is 3. The number of ether oxygens (including phenoxy) is 2. The van der Waals surface area contributed by atoms with Crippen LogP contribution < -0.4 is 15.4 Å². The van der Waals surface area contributed by atoms with Gasteiger partial charge in [-0.3, -0.25) is 25.2 Å². The zero-order chi connectivity index (χ0) is 28.7. The van der Waals surface area contributed by atoms with E-state index in [-0.39, 0.29) is 24.2 Å². The average molecular weight is 552 g/mol. The lowest BCUT2D eigenvalue weighted by Crippen LogP contribution is -2.47. The summed E-state index contributed by atoms with van der Waals surface area (Å²) < 4.78 is 11.3. The third-order valence-corrected chi connectivity index (χ3v) is 7.02. The van der Waals surface area contributed by atoms with Crippen LogP contribution in [0.3, 0.4) is 0 Å². The van der Waals surface area contributed by atoms with Gasteiger partial charge in [-0.2, -0.15) is 0 Å². The number of unbranched alkanes of at least 4 members (excludes halogenated alkanes) is 1. The Morgan fingerprint density at radius 3 is 2.38 bits per heavy atom. The summed E-state index contributed by atoms with van der Waals surface area (Å²) in [5.74, 6) is 0.807. The molecule has 1 heterocycles. The number of amides is 2. The molecule has 9 nitrogen and oxygen atoms in total. The number of carbonyl (C=O) groups is 2. The van der Waals surface area contributed by atoms with E-state index in [1.807, 2.05) is 17.0 Å². The Morgan fingerprint density at radius 2 is 1.70 bits per heavy atom. The van der Waals surface area contributed by atoms with Crippen molar-refractivity contribution in [2.24, 2.45) is 0 Å². The van der Waals surface area contributed by atoms with Crippen LogP contribution in [0.5, 0.6) is 5.75 Å². The van der Waals surface area contributed by atoms with Gasteiger partial charge in [0.1, 0.15) is 5.75 Å². The highest BCUT2D eigenvalue weighted by Gasteiger charge is 2.18. The third kappa shape index (κ3) is 10.3. The Kier molecular flexibility index (Phi) is 12.9. The maximum Gasteiger partial charge on any atom is 0.226 e. The van der Waals surface area contributed by atoms with Crippen LogP contribution in [-0.4, -0.2) is 80.6 Å². The second kappa shape index (κ2) is 16.6. The molecule has 2 aromatic rings. The van der Waals surface area contributed by atoms with Gasteiger partial charge in [0.2, 0.25) is 11.8 Å². The van der Waals surface area contributed by atoms with Crippen LogP contribution in [0.1, 0.15) is 50.7 Å². The summed E-state index contributed by atoms with van der Waals surface area (Å²) in [6.07, 6.45) is 3.62. The number of carbonyl (C=O) groups excluding carboxylic acids is 2. The van der Waals surface area contributed by atoms with Crippen LogP contribution in [0, 0.1) is 5.41 Å². The zero-order valence-electron chi connectivity index (χ0n) is 24.3. The maximum absolute atomic E-state index is 12.3. The van der Waals surface area contributed by atoms with Gasteiger partial charge in [0.15, 0.2) is 5.96 Å². The first-order valence-corrected chi connectivity index (χ1v) is 14.3. The Bertz CT molecular complexity index is 1100. The summed E-state index contributed by atoms with van der Waals surface area (Å²) in [7, 11) is 1.68. The minimum absolute atomic E-state index is 0.0535. The van der Waals surface area contributed by atoms with Gasteiger partial charge in [-0.05, 0) is 35.6 Å². The van der Waals surface area contributed by atoms with Gasteiger partial charge in [-0.15, -0.1) is 0 Å². The van der Waals surface area contributed by atoms with Crippen molar-refractivity contribution in [3.8, 4) is 16.9 Å². The van der Waals surface area contributed by atoms with Gasteiger partial charge in [-0.1, -0.05) is 49.7 Å². The van der Waals surface area contributed by atoms with Crippen LogP contribution in [0.2, 0.25) is 0 Å². The topological polar surface area (TPSA) is 107 Å². The summed E-state index contributed by atoms with van der Waals surface area (Å²) in [6, 6.07) is 14.7. The Labute approximate surface area is 238 Å².